The van der Waals surface area contributed by atoms with Gasteiger partial charge >= 0.3 is 0 Å². The Balaban J connectivity index is 1.52. The van der Waals surface area contributed by atoms with E-state index in [1.54, 1.807) is 54.1 Å². The lowest BCUT2D eigenvalue weighted by molar-refractivity contribution is -0.114. The molecule has 0 fully saturated rings. The first-order chi connectivity index (χ1) is 18.9. The summed E-state index contributed by atoms with van der Waals surface area (Å²) in [5.41, 5.74) is 9.88. The molecule has 0 unspecified atom stereocenters. The number of aromatic nitrogens is 3. The molecule has 0 radical (unpaired) electrons. The Kier molecular flexibility index (Phi) is 7.04. The SMILES string of the molecule is C=CC(=O)N1CCCc2c(CNc3nc(Nc4cc(OC)cc(OC)c4)c(C(N)=O)c4nccn34)cccc21. The number of methoxy groups -OCH3 is 2. The third kappa shape index (κ3) is 4.93. The van der Waals surface area contributed by atoms with Crippen LogP contribution in [0, 0.1) is 0 Å². The minimum atomic E-state index is -0.674. The van der Waals surface area contributed by atoms with E-state index in [4.69, 9.17) is 20.2 Å². The Bertz CT molecular complexity index is 1560. The van der Waals surface area contributed by atoms with Crippen LogP contribution in [0.4, 0.5) is 23.1 Å². The fourth-order valence-electron chi connectivity index (χ4n) is 4.82. The second-order valence-corrected chi connectivity index (χ2v) is 8.94. The molecule has 2 amide bonds. The van der Waals surface area contributed by atoms with E-state index in [2.05, 4.69) is 22.2 Å². The number of benzene rings is 2. The molecular weight excluding hydrogens is 498 g/mol. The standard InChI is InChI=1S/C28H29N7O4/c1-4-23(36)34-11-6-8-21-17(7-5-9-22(21)34)16-31-28-33-26(24(25(29)37)27-30-10-12-35(27)28)32-18-13-19(38-2)15-20(14-18)39-3/h4-5,7,9-10,12-15,32H,1,6,8,11,16H2,2-3H3,(H2,29,37)(H,31,33). The summed E-state index contributed by atoms with van der Waals surface area (Å²) in [4.78, 5) is 35.8. The van der Waals surface area contributed by atoms with Crippen molar-refractivity contribution in [2.24, 2.45) is 5.73 Å². The highest BCUT2D eigenvalue weighted by Crippen LogP contribution is 2.32. The van der Waals surface area contributed by atoms with Crippen molar-refractivity contribution < 1.29 is 19.1 Å². The van der Waals surface area contributed by atoms with Gasteiger partial charge in [-0.2, -0.15) is 4.98 Å². The predicted molar refractivity (Wildman–Crippen MR) is 149 cm³/mol. The van der Waals surface area contributed by atoms with Crippen molar-refractivity contribution in [1.29, 1.82) is 0 Å². The fraction of sp³-hybridized carbons (Fsp3) is 0.214. The summed E-state index contributed by atoms with van der Waals surface area (Å²) in [5.74, 6) is 1.03. The lowest BCUT2D eigenvalue weighted by Crippen LogP contribution is -2.34. The van der Waals surface area contributed by atoms with Crippen molar-refractivity contribution in [1.82, 2.24) is 14.4 Å². The van der Waals surface area contributed by atoms with Gasteiger partial charge in [0.25, 0.3) is 5.91 Å². The second-order valence-electron chi connectivity index (χ2n) is 8.94. The highest BCUT2D eigenvalue weighted by atomic mass is 16.5. The van der Waals surface area contributed by atoms with Crippen molar-refractivity contribution in [2.45, 2.75) is 19.4 Å². The second kappa shape index (κ2) is 10.7. The molecule has 0 atom stereocenters. The maximum absolute atomic E-state index is 12.5. The van der Waals surface area contributed by atoms with E-state index < -0.39 is 5.91 Å². The number of carbonyl (C=O) groups excluding carboxylic acids is 2. The van der Waals surface area contributed by atoms with Gasteiger partial charge in [0.15, 0.2) is 11.5 Å². The number of carbonyl (C=O) groups is 2. The molecule has 2 aromatic heterocycles. The number of imidazole rings is 1. The van der Waals surface area contributed by atoms with Crippen molar-refractivity contribution in [2.75, 3.05) is 36.3 Å². The number of ether oxygens (including phenoxy) is 2. The Labute approximate surface area is 225 Å². The number of hydrogen-bond donors (Lipinski definition) is 3. The average Bonchev–Trinajstić information content (AvgIpc) is 3.44. The Morgan fingerprint density at radius 1 is 1.18 bits per heavy atom. The summed E-state index contributed by atoms with van der Waals surface area (Å²) < 4.78 is 12.4. The van der Waals surface area contributed by atoms with Gasteiger partial charge in [-0.05, 0) is 36.1 Å². The Morgan fingerprint density at radius 2 is 1.95 bits per heavy atom. The van der Waals surface area contributed by atoms with Crippen molar-refractivity contribution in [3.05, 3.63) is 78.1 Å². The zero-order chi connectivity index (χ0) is 27.5. The minimum absolute atomic E-state index is 0.116. The van der Waals surface area contributed by atoms with Crippen LogP contribution < -0.4 is 30.7 Å². The maximum atomic E-state index is 12.5. The number of rotatable bonds is 9. The number of amides is 2. The van der Waals surface area contributed by atoms with Gasteiger partial charge in [0, 0.05) is 55.1 Å². The maximum Gasteiger partial charge on any atom is 0.256 e. The molecule has 4 aromatic rings. The molecule has 2 aromatic carbocycles. The highest BCUT2D eigenvalue weighted by Gasteiger charge is 2.24. The molecule has 0 saturated carbocycles. The van der Waals surface area contributed by atoms with Crippen LogP contribution in [0.25, 0.3) is 5.65 Å². The Hall–Kier alpha value is -5.06. The number of nitrogens with two attached hydrogens (primary N) is 1. The molecule has 200 valence electrons. The average molecular weight is 528 g/mol. The van der Waals surface area contributed by atoms with Gasteiger partial charge in [-0.15, -0.1) is 0 Å². The van der Waals surface area contributed by atoms with Gasteiger partial charge in [-0.3, -0.25) is 14.0 Å². The van der Waals surface area contributed by atoms with Crippen LogP contribution in [0.3, 0.4) is 0 Å². The zero-order valence-electron chi connectivity index (χ0n) is 21.7. The van der Waals surface area contributed by atoms with Crippen molar-refractivity contribution >= 4 is 40.6 Å². The summed E-state index contributed by atoms with van der Waals surface area (Å²) in [7, 11) is 3.11. The summed E-state index contributed by atoms with van der Waals surface area (Å²) in [6, 6.07) is 11.2. The Morgan fingerprint density at radius 3 is 2.64 bits per heavy atom. The molecule has 1 aliphatic rings. The van der Waals surface area contributed by atoms with E-state index in [0.717, 1.165) is 29.7 Å². The summed E-state index contributed by atoms with van der Waals surface area (Å²) in [5, 5.41) is 6.56. The van der Waals surface area contributed by atoms with Crippen molar-refractivity contribution in [3.8, 4) is 11.5 Å². The lowest BCUT2D eigenvalue weighted by Gasteiger charge is -2.30. The molecule has 5 rings (SSSR count). The smallest absolute Gasteiger partial charge is 0.256 e. The number of primary amides is 1. The minimum Gasteiger partial charge on any atom is -0.497 e. The van der Waals surface area contributed by atoms with Crippen LogP contribution in [0.2, 0.25) is 0 Å². The first kappa shape index (κ1) is 25.6. The quantitative estimate of drug-likeness (QED) is 0.281. The van der Waals surface area contributed by atoms with E-state index in [1.165, 1.54) is 6.08 Å². The van der Waals surface area contributed by atoms with Crippen LogP contribution >= 0.6 is 0 Å². The first-order valence-electron chi connectivity index (χ1n) is 12.4. The molecule has 0 spiro atoms. The van der Waals surface area contributed by atoms with Crippen LogP contribution in [-0.2, 0) is 17.8 Å². The largest absolute Gasteiger partial charge is 0.497 e. The van der Waals surface area contributed by atoms with E-state index in [-0.39, 0.29) is 17.3 Å². The monoisotopic (exact) mass is 527 g/mol. The van der Waals surface area contributed by atoms with Crippen LogP contribution in [0.5, 0.6) is 11.5 Å². The van der Waals surface area contributed by atoms with E-state index >= 15 is 0 Å². The molecule has 39 heavy (non-hydrogen) atoms. The summed E-state index contributed by atoms with van der Waals surface area (Å²) in [6.45, 7) is 4.72. The highest BCUT2D eigenvalue weighted by molar-refractivity contribution is 6.04. The summed E-state index contributed by atoms with van der Waals surface area (Å²) >= 11 is 0. The number of hydrogen-bond acceptors (Lipinski definition) is 8. The molecule has 1 aliphatic heterocycles. The fourth-order valence-corrected chi connectivity index (χ4v) is 4.82. The first-order valence-corrected chi connectivity index (χ1v) is 12.4. The van der Waals surface area contributed by atoms with Gasteiger partial charge in [0.1, 0.15) is 17.1 Å². The number of fused-ring (bicyclic) bond motifs is 2. The number of nitrogens with zero attached hydrogens (tertiary/aromatic N) is 4. The molecule has 4 N–H and O–H groups in total. The van der Waals surface area contributed by atoms with Crippen LogP contribution in [0.15, 0.2) is 61.4 Å². The van der Waals surface area contributed by atoms with Gasteiger partial charge in [0.05, 0.1) is 14.2 Å². The van der Waals surface area contributed by atoms with Crippen LogP contribution in [0.1, 0.15) is 27.9 Å². The summed E-state index contributed by atoms with van der Waals surface area (Å²) in [6.07, 6.45) is 6.34. The topological polar surface area (TPSA) is 136 Å². The van der Waals surface area contributed by atoms with E-state index in [9.17, 15) is 9.59 Å². The molecular formula is C28H29N7O4. The third-order valence-electron chi connectivity index (χ3n) is 6.63. The van der Waals surface area contributed by atoms with Crippen LogP contribution in [-0.4, -0.2) is 46.9 Å². The molecule has 3 heterocycles. The molecule has 11 heteroatoms. The van der Waals surface area contributed by atoms with Gasteiger partial charge in [-0.1, -0.05) is 18.7 Å². The molecule has 0 saturated heterocycles. The third-order valence-corrected chi connectivity index (χ3v) is 6.63. The molecule has 0 aliphatic carbocycles. The number of nitrogens with one attached hydrogen (secondary N) is 2. The van der Waals surface area contributed by atoms with Gasteiger partial charge in [0.2, 0.25) is 11.9 Å². The predicted octanol–water partition coefficient (Wildman–Crippen LogP) is 3.67. The van der Waals surface area contributed by atoms with Gasteiger partial charge in [-0.25, -0.2) is 4.98 Å². The van der Waals surface area contributed by atoms with E-state index in [0.29, 0.717) is 41.9 Å². The normalized spacial score (nSPS) is 12.5. The molecule has 0 bridgehead atoms. The van der Waals surface area contributed by atoms with Crippen molar-refractivity contribution in [3.63, 3.8) is 0 Å². The lowest BCUT2D eigenvalue weighted by atomic mass is 9.96. The van der Waals surface area contributed by atoms with E-state index in [1.807, 2.05) is 18.2 Å². The van der Waals surface area contributed by atoms with Gasteiger partial charge < -0.3 is 30.7 Å². The zero-order valence-corrected chi connectivity index (χ0v) is 21.7. The molecule has 11 nitrogen and oxygen atoms in total. The number of anilines is 4.